The molecule has 0 aliphatic heterocycles. The maximum Gasteiger partial charge on any atom is 0.0242 e. The molecule has 0 N–H and O–H groups in total. The maximum atomic E-state index is 2.39. The van der Waals surface area contributed by atoms with Crippen LogP contribution in [0.15, 0.2) is 0 Å². The summed E-state index contributed by atoms with van der Waals surface area (Å²) in [4.78, 5) is 2.19. The normalized spacial score (nSPS) is 12.0. The van der Waals surface area contributed by atoms with Crippen LogP contribution in [0.2, 0.25) is 0 Å². The molecule has 1 atom stereocenters. The molecule has 0 saturated carbocycles. The van der Waals surface area contributed by atoms with E-state index in [0.717, 1.165) is 6.22 Å². The average molecular weight is 217 g/mol. The highest BCUT2D eigenvalue weighted by Crippen LogP contribution is 2.19. The number of hydrogen-bond acceptors (Lipinski definition) is 1. The minimum Gasteiger partial charge on any atom is -0.305 e. The van der Waals surface area contributed by atoms with Gasteiger partial charge in [0.15, 0.2) is 0 Å². The average Bonchev–Trinajstić information content (AvgIpc) is 1.35. The van der Waals surface area contributed by atoms with Gasteiger partial charge in [-0.3, -0.25) is 0 Å². The number of hydrogen-bond donors (Lipinski definition) is 0. The Bertz CT molecular complexity index is 32.0. The Hall–Kier alpha value is 1.12. The van der Waals surface area contributed by atoms with Gasteiger partial charge in [-0.1, -0.05) is 22.0 Å². The van der Waals surface area contributed by atoms with E-state index in [1.165, 1.54) is 6.29 Å². The molecule has 38 valence electrons. The molecule has 0 rings (SSSR count). The molecular weight excluding hydrogens is 208 g/mol. The van der Waals surface area contributed by atoms with Crippen molar-refractivity contribution in [3.8, 4) is 0 Å². The van der Waals surface area contributed by atoms with Crippen LogP contribution in [0, 0.1) is 0 Å². The first kappa shape index (κ1) is 7.12. The van der Waals surface area contributed by atoms with Crippen LogP contribution in [0.1, 0.15) is 0 Å². The molecule has 0 aromatic carbocycles. The van der Waals surface area contributed by atoms with Gasteiger partial charge < -0.3 is 4.90 Å². The van der Waals surface area contributed by atoms with Crippen molar-refractivity contribution in [1.29, 1.82) is 0 Å². The molecule has 0 aromatic rings. The summed E-state index contributed by atoms with van der Waals surface area (Å²) < 4.78 is 0. The molecule has 6 heavy (non-hydrogen) atoms. The standard InChI is InChI=1S/C3H9INP/c1-5(2)3-6-4/h6H,3H2,1-2H3. The Morgan fingerprint density at radius 2 is 2.17 bits per heavy atom. The van der Waals surface area contributed by atoms with Crippen LogP contribution in [0.25, 0.3) is 0 Å². The minimum atomic E-state index is 1.03. The lowest BCUT2D eigenvalue weighted by Gasteiger charge is -2.03. The number of rotatable bonds is 2. The van der Waals surface area contributed by atoms with Gasteiger partial charge in [0.2, 0.25) is 0 Å². The van der Waals surface area contributed by atoms with Crippen molar-refractivity contribution in [2.24, 2.45) is 0 Å². The lowest BCUT2D eigenvalue weighted by molar-refractivity contribution is 0.485. The monoisotopic (exact) mass is 217 g/mol. The zero-order chi connectivity index (χ0) is 4.99. The van der Waals surface area contributed by atoms with E-state index in [9.17, 15) is 0 Å². The molecule has 0 saturated heterocycles. The molecule has 0 bridgehead atoms. The molecule has 0 amide bonds. The fourth-order valence-corrected chi connectivity index (χ4v) is 2.41. The first-order chi connectivity index (χ1) is 2.77. The SMILES string of the molecule is CN(C)CPI. The van der Waals surface area contributed by atoms with Crippen LogP contribution in [0.5, 0.6) is 0 Å². The first-order valence-corrected chi connectivity index (χ1v) is 6.07. The van der Waals surface area contributed by atoms with E-state index in [1.54, 1.807) is 0 Å². The second-order valence-corrected chi connectivity index (χ2v) is 4.24. The summed E-state index contributed by atoms with van der Waals surface area (Å²) in [6, 6.07) is 0. The fraction of sp³-hybridized carbons (Fsp3) is 1.00. The van der Waals surface area contributed by atoms with E-state index in [1.807, 2.05) is 0 Å². The highest BCUT2D eigenvalue weighted by atomic mass is 127. The second kappa shape index (κ2) is 4.28. The van der Waals surface area contributed by atoms with Crippen LogP contribution >= 0.6 is 28.3 Å². The smallest absolute Gasteiger partial charge is 0.0242 e. The van der Waals surface area contributed by atoms with Gasteiger partial charge >= 0.3 is 0 Å². The topological polar surface area (TPSA) is 3.24 Å². The van der Waals surface area contributed by atoms with E-state index in [-0.39, 0.29) is 0 Å². The molecule has 0 radical (unpaired) electrons. The number of nitrogens with zero attached hydrogens (tertiary/aromatic N) is 1. The Balaban J connectivity index is 2.63. The quantitative estimate of drug-likeness (QED) is 0.500. The molecule has 0 aromatic heterocycles. The zero-order valence-electron chi connectivity index (χ0n) is 4.03. The second-order valence-electron chi connectivity index (χ2n) is 1.37. The van der Waals surface area contributed by atoms with Crippen LogP contribution < -0.4 is 0 Å². The van der Waals surface area contributed by atoms with Crippen molar-refractivity contribution in [2.45, 2.75) is 0 Å². The molecule has 0 spiro atoms. The van der Waals surface area contributed by atoms with Gasteiger partial charge in [-0.2, -0.15) is 0 Å². The van der Waals surface area contributed by atoms with Crippen molar-refractivity contribution in [2.75, 3.05) is 20.4 Å². The summed E-state index contributed by atoms with van der Waals surface area (Å²) in [7, 11) is 4.18. The highest BCUT2D eigenvalue weighted by Gasteiger charge is 1.80. The van der Waals surface area contributed by atoms with Crippen LogP contribution in [0.3, 0.4) is 0 Å². The first-order valence-electron chi connectivity index (χ1n) is 1.75. The third kappa shape index (κ3) is 5.12. The van der Waals surface area contributed by atoms with Crippen LogP contribution in [0.4, 0.5) is 0 Å². The predicted molar refractivity (Wildman–Crippen MR) is 40.9 cm³/mol. The van der Waals surface area contributed by atoms with Crippen molar-refractivity contribution >= 4 is 28.3 Å². The largest absolute Gasteiger partial charge is 0.305 e. The molecule has 1 nitrogen and oxygen atoms in total. The van der Waals surface area contributed by atoms with Gasteiger partial charge in [-0.05, 0) is 20.3 Å². The maximum absolute atomic E-state index is 2.39. The van der Waals surface area contributed by atoms with Gasteiger partial charge in [0, 0.05) is 6.29 Å². The lowest BCUT2D eigenvalue weighted by Crippen LogP contribution is -2.07. The third-order valence-electron chi connectivity index (χ3n) is 0.376. The van der Waals surface area contributed by atoms with E-state index in [4.69, 9.17) is 0 Å². The van der Waals surface area contributed by atoms with E-state index in [2.05, 4.69) is 41.0 Å². The Morgan fingerprint density at radius 1 is 1.67 bits per heavy atom. The Labute approximate surface area is 53.8 Å². The van der Waals surface area contributed by atoms with Crippen molar-refractivity contribution < 1.29 is 0 Å². The Kier molecular flexibility index (Phi) is 5.08. The van der Waals surface area contributed by atoms with Gasteiger partial charge in [-0.15, -0.1) is 0 Å². The Morgan fingerprint density at radius 3 is 2.17 bits per heavy atom. The summed E-state index contributed by atoms with van der Waals surface area (Å²) in [5.74, 6) is 0. The molecule has 0 aliphatic carbocycles. The van der Waals surface area contributed by atoms with Gasteiger partial charge in [0.05, 0.1) is 0 Å². The van der Waals surface area contributed by atoms with E-state index < -0.39 is 0 Å². The van der Waals surface area contributed by atoms with Crippen molar-refractivity contribution in [1.82, 2.24) is 4.90 Å². The summed E-state index contributed by atoms with van der Waals surface area (Å²) in [6.45, 7) is 0. The van der Waals surface area contributed by atoms with Crippen LogP contribution in [-0.2, 0) is 0 Å². The van der Waals surface area contributed by atoms with Gasteiger partial charge in [-0.25, -0.2) is 0 Å². The fourth-order valence-electron chi connectivity index (χ4n) is 0.120. The summed E-state index contributed by atoms with van der Waals surface area (Å²) >= 11 is 2.39. The zero-order valence-corrected chi connectivity index (χ0v) is 7.19. The van der Waals surface area contributed by atoms with Gasteiger partial charge in [0.25, 0.3) is 0 Å². The predicted octanol–water partition coefficient (Wildman–Crippen LogP) is 1.53. The van der Waals surface area contributed by atoms with E-state index >= 15 is 0 Å². The van der Waals surface area contributed by atoms with E-state index in [0.29, 0.717) is 0 Å². The molecule has 3 heteroatoms. The minimum absolute atomic E-state index is 1.03. The van der Waals surface area contributed by atoms with Crippen molar-refractivity contribution in [3.05, 3.63) is 0 Å². The molecule has 0 heterocycles. The molecule has 0 aliphatic rings. The highest BCUT2D eigenvalue weighted by molar-refractivity contribution is 14.2. The van der Waals surface area contributed by atoms with Gasteiger partial charge in [0.1, 0.15) is 0 Å². The third-order valence-corrected chi connectivity index (χ3v) is 2.15. The molecule has 1 unspecified atom stereocenters. The van der Waals surface area contributed by atoms with Crippen LogP contribution in [-0.4, -0.2) is 25.3 Å². The summed E-state index contributed by atoms with van der Waals surface area (Å²) in [5.41, 5.74) is 0. The summed E-state index contributed by atoms with van der Waals surface area (Å²) in [6.07, 6.45) is 2.26. The lowest BCUT2D eigenvalue weighted by atomic mass is 11.0. The number of halogens is 1. The van der Waals surface area contributed by atoms with Crippen molar-refractivity contribution in [3.63, 3.8) is 0 Å². The molecule has 0 fully saturated rings. The molecular formula is C3H9INP. The summed E-state index contributed by atoms with van der Waals surface area (Å²) in [5, 5.41) is 0.